The summed E-state index contributed by atoms with van der Waals surface area (Å²) in [6, 6.07) is 15.7. The molecule has 2 heterocycles. The number of ether oxygens (including phenoxy) is 2. The molecule has 0 fully saturated rings. The molecule has 31 heavy (non-hydrogen) atoms. The summed E-state index contributed by atoms with van der Waals surface area (Å²) in [6.07, 6.45) is 2.06. The van der Waals surface area contributed by atoms with Crippen LogP contribution < -0.4 is 9.47 Å². The Morgan fingerprint density at radius 3 is 2.58 bits per heavy atom. The van der Waals surface area contributed by atoms with E-state index >= 15 is 0 Å². The van der Waals surface area contributed by atoms with E-state index in [1.165, 1.54) is 0 Å². The highest BCUT2D eigenvalue weighted by Gasteiger charge is 2.43. The quantitative estimate of drug-likeness (QED) is 0.509. The SMILES string of the molecule is CCCCOc1ccc(C2c3c(-c4ccccc4)n[nH]c3C(=O)N2C(C)C)cc1OC. The monoisotopic (exact) mass is 419 g/mol. The first-order chi connectivity index (χ1) is 15.1. The topological polar surface area (TPSA) is 67.5 Å². The Hall–Kier alpha value is -3.28. The fraction of sp³-hybridized carbons (Fsp3) is 0.360. The van der Waals surface area contributed by atoms with E-state index in [2.05, 4.69) is 17.1 Å². The lowest BCUT2D eigenvalue weighted by Crippen LogP contribution is -2.35. The van der Waals surface area contributed by atoms with Gasteiger partial charge in [0.1, 0.15) is 5.69 Å². The van der Waals surface area contributed by atoms with Gasteiger partial charge in [0.05, 0.1) is 25.5 Å². The van der Waals surface area contributed by atoms with Crippen molar-refractivity contribution in [2.45, 2.75) is 45.7 Å². The molecule has 6 heteroatoms. The lowest BCUT2D eigenvalue weighted by molar-refractivity contribution is 0.0687. The number of amides is 1. The molecule has 0 spiro atoms. The molecule has 0 aliphatic carbocycles. The molecule has 0 radical (unpaired) electrons. The number of unbranched alkanes of at least 4 members (excludes halogenated alkanes) is 1. The Labute approximate surface area is 183 Å². The summed E-state index contributed by atoms with van der Waals surface area (Å²) in [7, 11) is 1.64. The summed E-state index contributed by atoms with van der Waals surface area (Å²) in [5.41, 5.74) is 4.22. The molecule has 1 aliphatic heterocycles. The summed E-state index contributed by atoms with van der Waals surface area (Å²) in [5.74, 6) is 1.35. The number of hydrogen-bond acceptors (Lipinski definition) is 4. The molecule has 162 valence electrons. The van der Waals surface area contributed by atoms with Crippen LogP contribution in [0.3, 0.4) is 0 Å². The van der Waals surface area contributed by atoms with Crippen molar-refractivity contribution in [1.29, 1.82) is 0 Å². The lowest BCUT2D eigenvalue weighted by atomic mass is 9.95. The molecule has 3 aromatic rings. The summed E-state index contributed by atoms with van der Waals surface area (Å²) < 4.78 is 11.5. The van der Waals surface area contributed by atoms with E-state index in [4.69, 9.17) is 9.47 Å². The highest BCUT2D eigenvalue weighted by Crippen LogP contribution is 2.45. The standard InChI is InChI=1S/C25H29N3O3/c1-5-6-14-31-19-13-12-18(15-20(19)30-4)24-21-22(17-10-8-7-9-11-17)26-27-23(21)25(29)28(24)16(2)3/h7-13,15-16,24H,5-6,14H2,1-4H3,(H,26,27). The first-order valence-corrected chi connectivity index (χ1v) is 10.8. The number of aromatic amines is 1. The number of H-pyrrole nitrogens is 1. The van der Waals surface area contributed by atoms with Gasteiger partial charge < -0.3 is 14.4 Å². The van der Waals surface area contributed by atoms with E-state index in [9.17, 15) is 4.79 Å². The van der Waals surface area contributed by atoms with Crippen molar-refractivity contribution >= 4 is 5.91 Å². The molecule has 6 nitrogen and oxygen atoms in total. The maximum atomic E-state index is 13.3. The number of rotatable bonds is 8. The van der Waals surface area contributed by atoms with Crippen LogP contribution in [-0.4, -0.2) is 40.8 Å². The van der Waals surface area contributed by atoms with Crippen molar-refractivity contribution in [2.24, 2.45) is 0 Å². The van der Waals surface area contributed by atoms with E-state index in [1.54, 1.807) is 7.11 Å². The van der Waals surface area contributed by atoms with Crippen LogP contribution in [0.5, 0.6) is 11.5 Å². The largest absolute Gasteiger partial charge is 0.493 e. The Kier molecular flexibility index (Phi) is 5.98. The van der Waals surface area contributed by atoms with E-state index in [1.807, 2.05) is 67.3 Å². The highest BCUT2D eigenvalue weighted by atomic mass is 16.5. The third-order valence-electron chi connectivity index (χ3n) is 5.67. The number of fused-ring (bicyclic) bond motifs is 1. The summed E-state index contributed by atoms with van der Waals surface area (Å²) in [4.78, 5) is 15.2. The molecule has 2 aromatic carbocycles. The molecule has 4 rings (SSSR count). The third-order valence-corrected chi connectivity index (χ3v) is 5.67. The molecule has 0 saturated carbocycles. The van der Waals surface area contributed by atoms with Crippen LogP contribution in [0.15, 0.2) is 48.5 Å². The fourth-order valence-electron chi connectivity index (χ4n) is 4.14. The lowest BCUT2D eigenvalue weighted by Gasteiger charge is -2.30. The third kappa shape index (κ3) is 3.78. The van der Waals surface area contributed by atoms with Gasteiger partial charge in [0.15, 0.2) is 11.5 Å². The van der Waals surface area contributed by atoms with Crippen molar-refractivity contribution in [1.82, 2.24) is 15.1 Å². The van der Waals surface area contributed by atoms with Crippen LogP contribution in [0.2, 0.25) is 0 Å². The number of methoxy groups -OCH3 is 1. The summed E-state index contributed by atoms with van der Waals surface area (Å²) in [5, 5.41) is 7.51. The highest BCUT2D eigenvalue weighted by molar-refractivity contribution is 6.00. The molecular formula is C25H29N3O3. The summed E-state index contributed by atoms with van der Waals surface area (Å²) in [6.45, 7) is 6.85. The number of nitrogens with one attached hydrogen (secondary N) is 1. The number of aromatic nitrogens is 2. The van der Waals surface area contributed by atoms with Crippen LogP contribution >= 0.6 is 0 Å². The van der Waals surface area contributed by atoms with Gasteiger partial charge in [-0.25, -0.2) is 0 Å². The minimum Gasteiger partial charge on any atom is -0.493 e. The first kappa shape index (κ1) is 21.0. The van der Waals surface area contributed by atoms with Crippen molar-refractivity contribution in [3.8, 4) is 22.8 Å². The van der Waals surface area contributed by atoms with Crippen LogP contribution in [0.1, 0.15) is 61.3 Å². The van der Waals surface area contributed by atoms with Gasteiger partial charge in [-0.3, -0.25) is 9.89 Å². The van der Waals surface area contributed by atoms with Gasteiger partial charge in [-0.15, -0.1) is 0 Å². The van der Waals surface area contributed by atoms with Gasteiger partial charge in [-0.05, 0) is 38.0 Å². The minimum absolute atomic E-state index is 0.0217. The fourth-order valence-corrected chi connectivity index (χ4v) is 4.14. The van der Waals surface area contributed by atoms with E-state index < -0.39 is 0 Å². The van der Waals surface area contributed by atoms with Crippen LogP contribution in [0.25, 0.3) is 11.3 Å². The van der Waals surface area contributed by atoms with Crippen LogP contribution in [-0.2, 0) is 0 Å². The zero-order valence-electron chi connectivity index (χ0n) is 18.5. The molecule has 1 unspecified atom stereocenters. The molecule has 1 atom stereocenters. The minimum atomic E-state index is -0.255. The Bertz CT molecular complexity index is 1060. The van der Waals surface area contributed by atoms with Gasteiger partial charge >= 0.3 is 0 Å². The zero-order chi connectivity index (χ0) is 22.0. The molecule has 1 N–H and O–H groups in total. The molecule has 1 aromatic heterocycles. The summed E-state index contributed by atoms with van der Waals surface area (Å²) >= 11 is 0. The van der Waals surface area contributed by atoms with Gasteiger partial charge in [0.25, 0.3) is 5.91 Å². The second-order valence-corrected chi connectivity index (χ2v) is 8.05. The first-order valence-electron chi connectivity index (χ1n) is 10.8. The second-order valence-electron chi connectivity index (χ2n) is 8.05. The molecule has 1 aliphatic rings. The van der Waals surface area contributed by atoms with Crippen LogP contribution in [0.4, 0.5) is 0 Å². The Balaban J connectivity index is 1.80. The predicted octanol–water partition coefficient (Wildman–Crippen LogP) is 5.22. The number of carbonyl (C=O) groups is 1. The molecule has 0 bridgehead atoms. The van der Waals surface area contributed by atoms with Crippen molar-refractivity contribution < 1.29 is 14.3 Å². The molecule has 1 amide bonds. The van der Waals surface area contributed by atoms with E-state index in [0.29, 0.717) is 18.1 Å². The van der Waals surface area contributed by atoms with Crippen LogP contribution in [0, 0.1) is 0 Å². The molecular weight excluding hydrogens is 390 g/mol. The number of carbonyl (C=O) groups excluding carboxylic acids is 1. The number of nitrogens with zero attached hydrogens (tertiary/aromatic N) is 2. The van der Waals surface area contributed by atoms with E-state index in [-0.39, 0.29) is 18.0 Å². The average molecular weight is 420 g/mol. The zero-order valence-corrected chi connectivity index (χ0v) is 18.5. The maximum Gasteiger partial charge on any atom is 0.273 e. The van der Waals surface area contributed by atoms with Crippen molar-refractivity contribution in [3.63, 3.8) is 0 Å². The maximum absolute atomic E-state index is 13.3. The van der Waals surface area contributed by atoms with Gasteiger partial charge in [-0.1, -0.05) is 49.7 Å². The van der Waals surface area contributed by atoms with Gasteiger partial charge in [-0.2, -0.15) is 5.10 Å². The second kappa shape index (κ2) is 8.84. The molecule has 0 saturated heterocycles. The van der Waals surface area contributed by atoms with Crippen molar-refractivity contribution in [2.75, 3.05) is 13.7 Å². The predicted molar refractivity (Wildman–Crippen MR) is 121 cm³/mol. The Morgan fingerprint density at radius 1 is 1.13 bits per heavy atom. The normalized spacial score (nSPS) is 15.5. The Morgan fingerprint density at radius 2 is 1.90 bits per heavy atom. The number of benzene rings is 2. The number of hydrogen-bond donors (Lipinski definition) is 1. The average Bonchev–Trinajstić information content (AvgIpc) is 3.33. The smallest absolute Gasteiger partial charge is 0.273 e. The van der Waals surface area contributed by atoms with E-state index in [0.717, 1.165) is 41.0 Å². The van der Waals surface area contributed by atoms with Crippen molar-refractivity contribution in [3.05, 3.63) is 65.4 Å². The van der Waals surface area contributed by atoms with Gasteiger partial charge in [0, 0.05) is 17.2 Å². The van der Waals surface area contributed by atoms with Gasteiger partial charge in [0.2, 0.25) is 0 Å².